The van der Waals surface area contributed by atoms with E-state index in [-0.39, 0.29) is 30.2 Å². The number of hydrogen-bond donors (Lipinski definition) is 0. The molecule has 0 aromatic carbocycles. The van der Waals surface area contributed by atoms with Crippen LogP contribution in [-0.4, -0.2) is 32.5 Å². The predicted molar refractivity (Wildman–Crippen MR) is 96.2 cm³/mol. The molecule has 0 fully saturated rings. The molecule has 3 atom stereocenters. The van der Waals surface area contributed by atoms with Crippen LogP contribution in [0.4, 0.5) is 0 Å². The predicted octanol–water partition coefficient (Wildman–Crippen LogP) is 5.30. The second-order valence-corrected chi connectivity index (χ2v) is 8.71. The fourth-order valence-corrected chi connectivity index (χ4v) is 3.14. The fraction of sp³-hybridized carbons (Fsp3) is 0.714. The van der Waals surface area contributed by atoms with Gasteiger partial charge in [-0.2, -0.15) is 0 Å². The molecule has 0 unspecified atom stereocenters. The van der Waals surface area contributed by atoms with Gasteiger partial charge >= 0.3 is 0 Å². The molecule has 1 aromatic heterocycles. The van der Waals surface area contributed by atoms with Gasteiger partial charge in [0.2, 0.25) is 5.91 Å². The zero-order chi connectivity index (χ0) is 16.9. The Morgan fingerprint density at radius 3 is 2.27 bits per heavy atom. The van der Waals surface area contributed by atoms with Gasteiger partial charge in [0, 0.05) is 25.0 Å². The average Bonchev–Trinajstić information content (AvgIpc) is 2.97. The van der Waals surface area contributed by atoms with E-state index in [1.165, 1.54) is 11.3 Å². The molecule has 0 saturated heterocycles. The van der Waals surface area contributed by atoms with Crippen LogP contribution in [0, 0.1) is 11.8 Å². The molecule has 8 heteroatoms. The number of hydrogen-bond acceptors (Lipinski definition) is 3. The van der Waals surface area contributed by atoms with Crippen LogP contribution in [-0.2, 0) is 4.79 Å². The van der Waals surface area contributed by atoms with Crippen LogP contribution in [0.1, 0.15) is 37.7 Å². The van der Waals surface area contributed by atoms with Crippen molar-refractivity contribution in [3.8, 4) is 0 Å². The van der Waals surface area contributed by atoms with E-state index in [1.54, 1.807) is 18.1 Å². The lowest BCUT2D eigenvalue weighted by molar-refractivity contribution is -0.133. The first-order valence-corrected chi connectivity index (χ1v) is 9.57. The highest BCUT2D eigenvalue weighted by Crippen LogP contribution is 2.33. The number of nitrogens with zero attached hydrogens (tertiary/aromatic N) is 2. The Morgan fingerprint density at radius 1 is 1.23 bits per heavy atom. The van der Waals surface area contributed by atoms with E-state index in [2.05, 4.69) is 4.98 Å². The van der Waals surface area contributed by atoms with Crippen molar-refractivity contribution in [2.24, 2.45) is 11.8 Å². The molecular weight excluding hydrogens is 386 g/mol. The topological polar surface area (TPSA) is 33.2 Å². The van der Waals surface area contributed by atoms with Gasteiger partial charge in [-0.3, -0.25) is 4.79 Å². The number of alkyl halides is 4. The van der Waals surface area contributed by atoms with E-state index in [9.17, 15) is 4.79 Å². The minimum absolute atomic E-state index is 0.0214. The summed E-state index contributed by atoms with van der Waals surface area (Å²) in [5, 5.41) is 2.76. The molecule has 0 aliphatic heterocycles. The summed E-state index contributed by atoms with van der Waals surface area (Å²) in [5.41, 5.74) is 0. The largest absolute Gasteiger partial charge is 0.336 e. The van der Waals surface area contributed by atoms with Crippen LogP contribution in [0.5, 0.6) is 0 Å². The normalized spacial score (nSPS) is 15.9. The third-order valence-electron chi connectivity index (χ3n) is 3.55. The Bertz CT molecular complexity index is 456. The maximum atomic E-state index is 12.5. The minimum Gasteiger partial charge on any atom is -0.336 e. The third-order valence-corrected chi connectivity index (χ3v) is 6.15. The molecule has 0 radical (unpaired) electrons. The first-order valence-electron chi connectivity index (χ1n) is 6.95. The maximum Gasteiger partial charge on any atom is 0.223 e. The summed E-state index contributed by atoms with van der Waals surface area (Å²) in [7, 11) is 1.77. The molecule has 0 saturated carbocycles. The number of halogens is 4. The molecule has 1 aromatic rings. The van der Waals surface area contributed by atoms with Crippen molar-refractivity contribution < 1.29 is 4.79 Å². The molecule has 126 valence electrons. The standard InChI is InChI=1S/C14H20Cl4N2OS/c1-8(12(15)16)6-10(14-19-4-5-22-14)20(3)11(21)7-9(2)13(17)18/h4-5,8-10,12-13H,6-7H2,1-3H3/t8-,9-,10-/m0/s1. The molecule has 0 aliphatic carbocycles. The first-order chi connectivity index (χ1) is 10.2. The summed E-state index contributed by atoms with van der Waals surface area (Å²) in [6.07, 6.45) is 2.66. The molecule has 3 nitrogen and oxygen atoms in total. The second kappa shape index (κ2) is 9.53. The lowest BCUT2D eigenvalue weighted by atomic mass is 10.0. The van der Waals surface area contributed by atoms with E-state index in [1.807, 2.05) is 19.2 Å². The minimum atomic E-state index is -0.565. The van der Waals surface area contributed by atoms with Gasteiger partial charge in [-0.1, -0.05) is 13.8 Å². The van der Waals surface area contributed by atoms with Crippen molar-refractivity contribution >= 4 is 63.6 Å². The Labute approximate surface area is 155 Å². The van der Waals surface area contributed by atoms with Gasteiger partial charge in [-0.05, 0) is 18.3 Å². The first kappa shape index (κ1) is 20.3. The molecule has 1 amide bonds. The van der Waals surface area contributed by atoms with Crippen molar-refractivity contribution in [2.75, 3.05) is 7.05 Å². The fourth-order valence-electron chi connectivity index (χ4n) is 1.96. The van der Waals surface area contributed by atoms with Crippen molar-refractivity contribution in [1.29, 1.82) is 0 Å². The Kier molecular flexibility index (Phi) is 8.80. The third kappa shape index (κ3) is 6.04. The zero-order valence-corrected chi connectivity index (χ0v) is 16.5. The number of carbonyl (C=O) groups excluding carboxylic acids is 1. The SMILES string of the molecule is C[C@@H](CC(=O)N(C)[C@@H](C[C@H](C)C(Cl)Cl)c1nccs1)C(Cl)Cl. The van der Waals surface area contributed by atoms with Gasteiger partial charge in [0.15, 0.2) is 0 Å². The van der Waals surface area contributed by atoms with Crippen LogP contribution < -0.4 is 0 Å². The number of aromatic nitrogens is 1. The quantitative estimate of drug-likeness (QED) is 0.549. The van der Waals surface area contributed by atoms with E-state index >= 15 is 0 Å². The molecule has 0 aliphatic rings. The van der Waals surface area contributed by atoms with Gasteiger partial charge in [-0.25, -0.2) is 4.98 Å². The number of carbonyl (C=O) groups is 1. The van der Waals surface area contributed by atoms with Crippen LogP contribution in [0.3, 0.4) is 0 Å². The number of rotatable bonds is 8. The Morgan fingerprint density at radius 2 is 1.82 bits per heavy atom. The number of amides is 1. The van der Waals surface area contributed by atoms with Gasteiger partial charge in [0.1, 0.15) is 14.7 Å². The van der Waals surface area contributed by atoms with Crippen molar-refractivity contribution in [2.45, 2.75) is 42.4 Å². The van der Waals surface area contributed by atoms with E-state index < -0.39 is 9.67 Å². The Hall–Kier alpha value is 0.260. The van der Waals surface area contributed by atoms with Crippen LogP contribution in [0.15, 0.2) is 11.6 Å². The van der Waals surface area contributed by atoms with Crippen molar-refractivity contribution in [3.05, 3.63) is 16.6 Å². The molecule has 0 spiro atoms. The van der Waals surface area contributed by atoms with E-state index in [4.69, 9.17) is 46.4 Å². The average molecular weight is 406 g/mol. The lowest BCUT2D eigenvalue weighted by Gasteiger charge is -2.30. The molecule has 1 heterocycles. The summed E-state index contributed by atoms with van der Waals surface area (Å²) in [6, 6.07) is -0.154. The highest BCUT2D eigenvalue weighted by Gasteiger charge is 2.29. The summed E-state index contributed by atoms with van der Waals surface area (Å²) in [6.45, 7) is 3.81. The Balaban J connectivity index is 2.84. The summed E-state index contributed by atoms with van der Waals surface area (Å²) in [5.74, 6) is -0.0907. The molecule has 22 heavy (non-hydrogen) atoms. The lowest BCUT2D eigenvalue weighted by Crippen LogP contribution is -2.34. The summed E-state index contributed by atoms with van der Waals surface area (Å²) < 4.78 is 0. The molecule has 0 N–H and O–H groups in total. The summed E-state index contributed by atoms with van der Waals surface area (Å²) in [4.78, 5) is 17.4. The van der Waals surface area contributed by atoms with Gasteiger partial charge < -0.3 is 4.90 Å². The van der Waals surface area contributed by atoms with Gasteiger partial charge in [-0.15, -0.1) is 57.7 Å². The summed E-state index contributed by atoms with van der Waals surface area (Å²) >= 11 is 25.1. The molecule has 0 bridgehead atoms. The smallest absolute Gasteiger partial charge is 0.223 e. The molecular formula is C14H20Cl4N2OS. The highest BCUT2D eigenvalue weighted by molar-refractivity contribution is 7.09. The molecule has 1 rings (SSSR count). The zero-order valence-electron chi connectivity index (χ0n) is 12.7. The maximum absolute atomic E-state index is 12.5. The van der Waals surface area contributed by atoms with E-state index in [0.29, 0.717) is 6.42 Å². The monoisotopic (exact) mass is 404 g/mol. The van der Waals surface area contributed by atoms with Crippen LogP contribution in [0.25, 0.3) is 0 Å². The second-order valence-electron chi connectivity index (χ2n) is 5.45. The van der Waals surface area contributed by atoms with Crippen LogP contribution in [0.2, 0.25) is 0 Å². The number of thiazole rings is 1. The van der Waals surface area contributed by atoms with Crippen LogP contribution >= 0.6 is 57.7 Å². The van der Waals surface area contributed by atoms with E-state index in [0.717, 1.165) is 5.01 Å². The van der Waals surface area contributed by atoms with Crippen molar-refractivity contribution in [3.63, 3.8) is 0 Å². The van der Waals surface area contributed by atoms with Gasteiger partial charge in [0.25, 0.3) is 0 Å². The van der Waals surface area contributed by atoms with Crippen molar-refractivity contribution in [1.82, 2.24) is 9.88 Å². The van der Waals surface area contributed by atoms with Gasteiger partial charge in [0.05, 0.1) is 6.04 Å². The highest BCUT2D eigenvalue weighted by atomic mass is 35.5.